The van der Waals surface area contributed by atoms with Crippen LogP contribution >= 0.6 is 39.1 Å². The van der Waals surface area contributed by atoms with Crippen molar-refractivity contribution in [3.63, 3.8) is 0 Å². The van der Waals surface area contributed by atoms with Gasteiger partial charge in [0.25, 0.3) is 0 Å². The van der Waals surface area contributed by atoms with Crippen LogP contribution in [0.25, 0.3) is 0 Å². The quantitative estimate of drug-likeness (QED) is 0.694. The second kappa shape index (κ2) is 6.41. The molecule has 0 aliphatic carbocycles. The molecular weight excluding hydrogens is 361 g/mol. The summed E-state index contributed by atoms with van der Waals surface area (Å²) in [6.07, 6.45) is 0. The largest absolute Gasteiger partial charge is 0.292 e. The van der Waals surface area contributed by atoms with Gasteiger partial charge < -0.3 is 0 Å². The zero-order chi connectivity index (χ0) is 14.7. The van der Waals surface area contributed by atoms with Gasteiger partial charge in [-0.05, 0) is 35.9 Å². The minimum atomic E-state index is -0.871. The maximum atomic E-state index is 12.4. The van der Waals surface area contributed by atoms with Gasteiger partial charge in [-0.3, -0.25) is 4.79 Å². The molecule has 0 N–H and O–H groups in total. The van der Waals surface area contributed by atoms with E-state index in [4.69, 9.17) is 23.2 Å². The van der Waals surface area contributed by atoms with Crippen LogP contribution in [0.5, 0.6) is 0 Å². The smallest absolute Gasteiger partial charge is 0.184 e. The second-order valence-electron chi connectivity index (χ2n) is 4.11. The molecule has 2 rings (SSSR count). The van der Waals surface area contributed by atoms with E-state index in [1.165, 1.54) is 6.07 Å². The Balaban J connectivity index is 2.39. The van der Waals surface area contributed by atoms with E-state index in [0.29, 0.717) is 21.2 Å². The van der Waals surface area contributed by atoms with E-state index < -0.39 is 5.92 Å². The van der Waals surface area contributed by atoms with E-state index in [2.05, 4.69) is 15.9 Å². The number of rotatable bonds is 3. The van der Waals surface area contributed by atoms with E-state index in [1.807, 2.05) is 12.1 Å². The molecule has 0 aliphatic heterocycles. The molecule has 100 valence electrons. The number of hydrogen-bond donors (Lipinski definition) is 0. The fraction of sp³-hybridized carbons (Fsp3) is 0.0667. The molecule has 0 spiro atoms. The summed E-state index contributed by atoms with van der Waals surface area (Å²) >= 11 is 15.1. The molecule has 0 bridgehead atoms. The SMILES string of the molecule is N#CC(C(=O)c1ccc(Cl)c(Cl)c1)c1cccc(Br)c1. The Morgan fingerprint density at radius 3 is 2.50 bits per heavy atom. The van der Waals surface area contributed by atoms with Crippen LogP contribution in [-0.4, -0.2) is 5.78 Å². The molecule has 2 aromatic rings. The molecular formula is C15H8BrCl2NO. The number of hydrogen-bond acceptors (Lipinski definition) is 2. The van der Waals surface area contributed by atoms with E-state index in [1.54, 1.807) is 30.3 Å². The number of ketones is 1. The van der Waals surface area contributed by atoms with Gasteiger partial charge in [-0.15, -0.1) is 0 Å². The molecule has 0 heterocycles. The van der Waals surface area contributed by atoms with Crippen LogP contribution in [-0.2, 0) is 0 Å². The lowest BCUT2D eigenvalue weighted by Crippen LogP contribution is -2.11. The van der Waals surface area contributed by atoms with Crippen molar-refractivity contribution in [1.29, 1.82) is 5.26 Å². The summed E-state index contributed by atoms with van der Waals surface area (Å²) in [6.45, 7) is 0. The van der Waals surface area contributed by atoms with Gasteiger partial charge in [-0.2, -0.15) is 5.26 Å². The molecule has 0 aromatic heterocycles. The fourth-order valence-electron chi connectivity index (χ4n) is 1.79. The minimum absolute atomic E-state index is 0.295. The predicted molar refractivity (Wildman–Crippen MR) is 83.3 cm³/mol. The number of nitriles is 1. The van der Waals surface area contributed by atoms with Crippen molar-refractivity contribution in [3.05, 3.63) is 68.1 Å². The molecule has 0 fully saturated rings. The molecule has 0 radical (unpaired) electrons. The van der Waals surface area contributed by atoms with E-state index in [0.717, 1.165) is 4.47 Å². The van der Waals surface area contributed by atoms with Gasteiger partial charge in [0.1, 0.15) is 5.92 Å². The Morgan fingerprint density at radius 2 is 1.90 bits per heavy atom. The first kappa shape index (κ1) is 15.1. The van der Waals surface area contributed by atoms with Crippen LogP contribution in [0.4, 0.5) is 0 Å². The second-order valence-corrected chi connectivity index (χ2v) is 5.84. The number of nitrogens with zero attached hydrogens (tertiary/aromatic N) is 1. The van der Waals surface area contributed by atoms with Gasteiger partial charge in [0, 0.05) is 10.0 Å². The summed E-state index contributed by atoms with van der Waals surface area (Å²) in [7, 11) is 0. The Labute approximate surface area is 135 Å². The summed E-state index contributed by atoms with van der Waals surface area (Å²) < 4.78 is 0.817. The number of halogens is 3. The standard InChI is InChI=1S/C15H8BrCl2NO/c16-11-3-1-2-9(6-11)12(8-19)15(20)10-4-5-13(17)14(18)7-10/h1-7,12H. The van der Waals surface area contributed by atoms with Crippen LogP contribution < -0.4 is 0 Å². The molecule has 20 heavy (non-hydrogen) atoms. The van der Waals surface area contributed by atoms with Crippen molar-refractivity contribution >= 4 is 44.9 Å². The molecule has 2 nitrogen and oxygen atoms in total. The normalized spacial score (nSPS) is 11.7. The van der Waals surface area contributed by atoms with Crippen molar-refractivity contribution in [2.45, 2.75) is 5.92 Å². The van der Waals surface area contributed by atoms with Crippen molar-refractivity contribution < 1.29 is 4.79 Å². The first-order valence-corrected chi connectivity index (χ1v) is 7.22. The first-order chi connectivity index (χ1) is 9.52. The third-order valence-electron chi connectivity index (χ3n) is 2.78. The monoisotopic (exact) mass is 367 g/mol. The summed E-state index contributed by atoms with van der Waals surface area (Å²) in [6, 6.07) is 13.7. The van der Waals surface area contributed by atoms with Crippen LogP contribution in [0.3, 0.4) is 0 Å². The van der Waals surface area contributed by atoms with Gasteiger partial charge in [0.2, 0.25) is 0 Å². The molecule has 1 unspecified atom stereocenters. The van der Waals surface area contributed by atoms with E-state index in [9.17, 15) is 10.1 Å². The average Bonchev–Trinajstić information content (AvgIpc) is 2.42. The zero-order valence-corrected chi connectivity index (χ0v) is 13.2. The third kappa shape index (κ3) is 3.21. The summed E-state index contributed by atoms with van der Waals surface area (Å²) in [5, 5.41) is 9.95. The van der Waals surface area contributed by atoms with Gasteiger partial charge >= 0.3 is 0 Å². The van der Waals surface area contributed by atoms with Gasteiger partial charge in [-0.25, -0.2) is 0 Å². The Morgan fingerprint density at radius 1 is 1.15 bits per heavy atom. The highest BCUT2D eigenvalue weighted by Crippen LogP contribution is 2.27. The highest BCUT2D eigenvalue weighted by atomic mass is 79.9. The number of Topliss-reactive ketones (excluding diaryl/α,β-unsaturated/α-hetero) is 1. The Kier molecular flexibility index (Phi) is 4.82. The number of benzene rings is 2. The highest BCUT2D eigenvalue weighted by Gasteiger charge is 2.22. The lowest BCUT2D eigenvalue weighted by molar-refractivity contribution is 0.0979. The first-order valence-electron chi connectivity index (χ1n) is 5.67. The summed E-state index contributed by atoms with van der Waals surface area (Å²) in [4.78, 5) is 12.4. The van der Waals surface area contributed by atoms with Crippen molar-refractivity contribution in [2.24, 2.45) is 0 Å². The Hall–Kier alpha value is -1.34. The highest BCUT2D eigenvalue weighted by molar-refractivity contribution is 9.10. The van der Waals surface area contributed by atoms with Crippen LogP contribution in [0.2, 0.25) is 10.0 Å². The molecule has 5 heteroatoms. The minimum Gasteiger partial charge on any atom is -0.292 e. The lowest BCUT2D eigenvalue weighted by Gasteiger charge is -2.09. The summed E-state index contributed by atoms with van der Waals surface area (Å²) in [5.41, 5.74) is 1.00. The van der Waals surface area contributed by atoms with E-state index in [-0.39, 0.29) is 5.78 Å². The van der Waals surface area contributed by atoms with Crippen molar-refractivity contribution in [1.82, 2.24) is 0 Å². The van der Waals surface area contributed by atoms with Gasteiger partial charge in [0.05, 0.1) is 16.1 Å². The maximum absolute atomic E-state index is 12.4. The molecule has 0 saturated carbocycles. The topological polar surface area (TPSA) is 40.9 Å². The molecule has 0 amide bonds. The predicted octanol–water partition coefficient (Wildman–Crippen LogP) is 5.25. The van der Waals surface area contributed by atoms with Crippen molar-refractivity contribution in [3.8, 4) is 6.07 Å². The maximum Gasteiger partial charge on any atom is 0.184 e. The fourth-order valence-corrected chi connectivity index (χ4v) is 2.50. The summed E-state index contributed by atoms with van der Waals surface area (Å²) in [5.74, 6) is -1.17. The molecule has 2 aromatic carbocycles. The zero-order valence-electron chi connectivity index (χ0n) is 10.1. The van der Waals surface area contributed by atoms with Crippen LogP contribution in [0.1, 0.15) is 21.8 Å². The Bertz CT molecular complexity index is 709. The van der Waals surface area contributed by atoms with Crippen LogP contribution in [0.15, 0.2) is 46.9 Å². The number of carbonyl (C=O) groups is 1. The van der Waals surface area contributed by atoms with Gasteiger partial charge in [0.15, 0.2) is 5.78 Å². The molecule has 0 aliphatic rings. The molecule has 1 atom stereocenters. The number of carbonyl (C=O) groups excluding carboxylic acids is 1. The van der Waals surface area contributed by atoms with E-state index >= 15 is 0 Å². The molecule has 0 saturated heterocycles. The van der Waals surface area contributed by atoms with Crippen molar-refractivity contribution in [2.75, 3.05) is 0 Å². The van der Waals surface area contributed by atoms with Gasteiger partial charge in [-0.1, -0.05) is 51.3 Å². The average molecular weight is 369 g/mol. The lowest BCUT2D eigenvalue weighted by atomic mass is 9.92. The third-order valence-corrected chi connectivity index (χ3v) is 4.01. The van der Waals surface area contributed by atoms with Crippen LogP contribution in [0, 0.1) is 11.3 Å².